The molecule has 0 fully saturated rings. The Balaban J connectivity index is 2.09. The van der Waals surface area contributed by atoms with Crippen LogP contribution in [0.5, 0.6) is 0 Å². The van der Waals surface area contributed by atoms with Crippen molar-refractivity contribution in [3.63, 3.8) is 0 Å². The van der Waals surface area contributed by atoms with Crippen molar-refractivity contribution in [3.05, 3.63) is 35.9 Å². The van der Waals surface area contributed by atoms with Crippen molar-refractivity contribution < 1.29 is 0 Å². The first-order valence-corrected chi connectivity index (χ1v) is 9.47. The number of hydrogen-bond donors (Lipinski definition) is 0. The van der Waals surface area contributed by atoms with Crippen molar-refractivity contribution in [1.29, 1.82) is 0 Å². The van der Waals surface area contributed by atoms with Crippen LogP contribution in [0.15, 0.2) is 18.6 Å². The molecule has 0 aliphatic rings. The average Bonchev–Trinajstić information content (AvgIpc) is 3.06. The van der Waals surface area contributed by atoms with Gasteiger partial charge in [0, 0.05) is 49.7 Å². The van der Waals surface area contributed by atoms with E-state index < -0.39 is 0 Å². The summed E-state index contributed by atoms with van der Waals surface area (Å²) in [4.78, 5) is 9.28. The molecule has 1 unspecified atom stereocenters. The molecule has 2 rings (SSSR count). The Morgan fingerprint density at radius 2 is 1.71 bits per heavy atom. The van der Waals surface area contributed by atoms with Crippen LogP contribution in [0.3, 0.4) is 0 Å². The minimum absolute atomic E-state index is 0.463. The summed E-state index contributed by atoms with van der Waals surface area (Å²) in [6.07, 6.45) is 10.4. The van der Waals surface area contributed by atoms with Gasteiger partial charge in [-0.1, -0.05) is 27.7 Å². The van der Waals surface area contributed by atoms with Crippen LogP contribution < -0.4 is 0 Å². The molecule has 0 aliphatic carbocycles. The lowest BCUT2D eigenvalue weighted by atomic mass is 10.0. The van der Waals surface area contributed by atoms with Gasteiger partial charge in [-0.15, -0.1) is 0 Å². The largest absolute Gasteiger partial charge is 0.335 e. The van der Waals surface area contributed by atoms with Crippen molar-refractivity contribution in [1.82, 2.24) is 19.1 Å². The van der Waals surface area contributed by atoms with Gasteiger partial charge in [-0.2, -0.15) is 0 Å². The fourth-order valence-corrected chi connectivity index (χ4v) is 3.45. The predicted molar refractivity (Wildman–Crippen MR) is 100 cm³/mol. The van der Waals surface area contributed by atoms with Crippen molar-refractivity contribution in [2.24, 2.45) is 11.8 Å². The molecule has 0 radical (unpaired) electrons. The van der Waals surface area contributed by atoms with E-state index in [1.54, 1.807) is 0 Å². The molecule has 2 aromatic rings. The van der Waals surface area contributed by atoms with Crippen molar-refractivity contribution in [2.45, 2.75) is 79.8 Å². The third-order valence-corrected chi connectivity index (χ3v) is 4.41. The third-order valence-electron chi connectivity index (χ3n) is 4.41. The highest BCUT2D eigenvalue weighted by molar-refractivity contribution is 5.09. The summed E-state index contributed by atoms with van der Waals surface area (Å²) < 4.78 is 4.73. The molecule has 4 nitrogen and oxygen atoms in total. The van der Waals surface area contributed by atoms with E-state index >= 15 is 0 Å². The molecular formula is C20H34N4. The lowest BCUT2D eigenvalue weighted by molar-refractivity contribution is 0.476. The molecule has 0 aromatic carbocycles. The van der Waals surface area contributed by atoms with E-state index in [2.05, 4.69) is 68.1 Å². The molecule has 0 saturated carbocycles. The monoisotopic (exact) mass is 330 g/mol. The smallest absolute Gasteiger partial charge is 0.109 e. The fraction of sp³-hybridized carbons (Fsp3) is 0.700. The second-order valence-corrected chi connectivity index (χ2v) is 7.78. The van der Waals surface area contributed by atoms with Crippen LogP contribution in [-0.2, 0) is 25.8 Å². The van der Waals surface area contributed by atoms with E-state index in [-0.39, 0.29) is 0 Å². The van der Waals surface area contributed by atoms with Crippen molar-refractivity contribution in [2.75, 3.05) is 0 Å². The van der Waals surface area contributed by atoms with Crippen molar-refractivity contribution >= 4 is 0 Å². The Hall–Kier alpha value is -1.58. The fourth-order valence-electron chi connectivity index (χ4n) is 3.45. The zero-order chi connectivity index (χ0) is 17.7. The molecule has 1 atom stereocenters. The summed E-state index contributed by atoms with van der Waals surface area (Å²) in [7, 11) is 0. The summed E-state index contributed by atoms with van der Waals surface area (Å²) in [5.41, 5.74) is 1.36. The van der Waals surface area contributed by atoms with Gasteiger partial charge in [0.05, 0.1) is 0 Å². The summed E-state index contributed by atoms with van der Waals surface area (Å²) in [6, 6.07) is 0.463. The van der Waals surface area contributed by atoms with Crippen LogP contribution in [0.25, 0.3) is 0 Å². The van der Waals surface area contributed by atoms with Gasteiger partial charge in [-0.25, -0.2) is 9.97 Å². The van der Waals surface area contributed by atoms with Crippen LogP contribution >= 0.6 is 0 Å². The van der Waals surface area contributed by atoms with Crippen LogP contribution in [0.4, 0.5) is 0 Å². The summed E-state index contributed by atoms with van der Waals surface area (Å²) in [6.45, 7) is 14.6. The quantitative estimate of drug-likeness (QED) is 0.668. The highest BCUT2D eigenvalue weighted by Crippen LogP contribution is 2.21. The molecule has 0 bridgehead atoms. The van der Waals surface area contributed by atoms with E-state index in [1.165, 1.54) is 17.3 Å². The van der Waals surface area contributed by atoms with Gasteiger partial charge < -0.3 is 9.13 Å². The van der Waals surface area contributed by atoms with E-state index in [0.29, 0.717) is 17.9 Å². The second kappa shape index (κ2) is 8.50. The molecule has 2 heterocycles. The maximum atomic E-state index is 4.72. The minimum Gasteiger partial charge on any atom is -0.335 e. The van der Waals surface area contributed by atoms with Gasteiger partial charge >= 0.3 is 0 Å². The average molecular weight is 331 g/mol. The first-order valence-electron chi connectivity index (χ1n) is 9.47. The number of rotatable bonds is 9. The maximum absolute atomic E-state index is 4.72. The van der Waals surface area contributed by atoms with Gasteiger partial charge in [-0.05, 0) is 38.5 Å². The first kappa shape index (κ1) is 18.8. The molecule has 0 spiro atoms. The molecule has 2 aromatic heterocycles. The number of aromatic nitrogens is 4. The molecule has 0 saturated heterocycles. The highest BCUT2D eigenvalue weighted by atomic mass is 15.1. The van der Waals surface area contributed by atoms with Gasteiger partial charge in [0.2, 0.25) is 0 Å². The van der Waals surface area contributed by atoms with Gasteiger partial charge in [0.25, 0.3) is 0 Å². The first-order chi connectivity index (χ1) is 11.4. The Bertz CT molecular complexity index is 621. The van der Waals surface area contributed by atoms with Gasteiger partial charge in [0.1, 0.15) is 11.6 Å². The number of hydrogen-bond acceptors (Lipinski definition) is 2. The molecule has 134 valence electrons. The molecule has 0 amide bonds. The Labute approximate surface area is 147 Å². The van der Waals surface area contributed by atoms with Crippen LogP contribution in [0, 0.1) is 11.8 Å². The van der Waals surface area contributed by atoms with E-state index in [1.807, 2.05) is 6.20 Å². The molecule has 0 aliphatic heterocycles. The van der Waals surface area contributed by atoms with Gasteiger partial charge in [0.15, 0.2) is 0 Å². The number of aryl methyl sites for hydroxylation is 1. The number of nitrogens with zero attached hydrogens (tertiary/aromatic N) is 4. The zero-order valence-corrected chi connectivity index (χ0v) is 16.3. The third kappa shape index (κ3) is 4.71. The standard InChI is InChI=1S/C20H34N4/c1-7-9-23-10-8-21-19(23)13-17(6)12-18-14-22-20(11-15(2)3)24(18)16(4)5/h8,10,14-17H,7,9,11-13H2,1-6H3. The predicted octanol–water partition coefficient (Wildman–Crippen LogP) is 4.69. The SMILES string of the molecule is CCCn1ccnc1CC(C)Cc1cnc(CC(C)C)n1C(C)C. The van der Waals surface area contributed by atoms with E-state index in [9.17, 15) is 0 Å². The number of imidazole rings is 2. The van der Waals surface area contributed by atoms with Gasteiger partial charge in [-0.3, -0.25) is 0 Å². The Morgan fingerprint density at radius 1 is 0.958 bits per heavy atom. The summed E-state index contributed by atoms with van der Waals surface area (Å²) in [5, 5.41) is 0. The zero-order valence-electron chi connectivity index (χ0n) is 16.3. The highest BCUT2D eigenvalue weighted by Gasteiger charge is 2.17. The normalized spacial score (nSPS) is 13.2. The Morgan fingerprint density at radius 3 is 2.33 bits per heavy atom. The molecular weight excluding hydrogens is 296 g/mol. The van der Waals surface area contributed by atoms with Crippen molar-refractivity contribution in [3.8, 4) is 0 Å². The lowest BCUT2D eigenvalue weighted by Crippen LogP contribution is -2.15. The lowest BCUT2D eigenvalue weighted by Gasteiger charge is -2.19. The van der Waals surface area contributed by atoms with Crippen LogP contribution in [-0.4, -0.2) is 19.1 Å². The maximum Gasteiger partial charge on any atom is 0.109 e. The Kier molecular flexibility index (Phi) is 6.64. The second-order valence-electron chi connectivity index (χ2n) is 7.78. The van der Waals surface area contributed by atoms with E-state index in [0.717, 1.165) is 32.2 Å². The summed E-state index contributed by atoms with van der Waals surface area (Å²) >= 11 is 0. The van der Waals surface area contributed by atoms with E-state index in [4.69, 9.17) is 4.98 Å². The topological polar surface area (TPSA) is 35.6 Å². The minimum atomic E-state index is 0.463. The molecule has 4 heteroatoms. The van der Waals surface area contributed by atoms with Crippen LogP contribution in [0.2, 0.25) is 0 Å². The molecule has 24 heavy (non-hydrogen) atoms. The van der Waals surface area contributed by atoms with Crippen LogP contribution in [0.1, 0.15) is 71.3 Å². The molecule has 0 N–H and O–H groups in total. The summed E-state index contributed by atoms with van der Waals surface area (Å²) in [5.74, 6) is 3.64.